The number of nitrogens with one attached hydrogen (secondary N) is 1. The summed E-state index contributed by atoms with van der Waals surface area (Å²) in [4.78, 5) is 11.7. The van der Waals surface area contributed by atoms with Crippen LogP contribution in [-0.4, -0.2) is 23.7 Å². The molecule has 0 aromatic heterocycles. The van der Waals surface area contributed by atoms with Crippen molar-refractivity contribution in [2.45, 2.75) is 38.4 Å². The molecule has 0 fully saturated rings. The molecule has 1 amide bonds. The number of amides is 1. The largest absolute Gasteiger partial charge is 0.481 e. The fourth-order valence-corrected chi connectivity index (χ4v) is 2.37. The first-order chi connectivity index (χ1) is 9.61. The molecule has 0 radical (unpaired) electrons. The predicted octanol–water partition coefficient (Wildman–Crippen LogP) is 1.57. The Morgan fingerprint density at radius 1 is 1.65 bits per heavy atom. The quantitative estimate of drug-likeness (QED) is 0.819. The summed E-state index contributed by atoms with van der Waals surface area (Å²) in [5, 5.41) is 12.6. The number of aliphatic hydroxyl groups is 1. The number of carbonyl (C=O) groups excluding carboxylic acids is 1. The molecule has 4 heteroatoms. The van der Waals surface area contributed by atoms with Crippen LogP contribution >= 0.6 is 0 Å². The minimum atomic E-state index is -0.623. The van der Waals surface area contributed by atoms with Crippen LogP contribution in [0.25, 0.3) is 0 Å². The number of hydrogen-bond donors (Lipinski definition) is 2. The van der Waals surface area contributed by atoms with E-state index in [0.717, 1.165) is 30.4 Å². The fraction of sp³-hybridized carbons (Fsp3) is 0.438. The molecule has 0 saturated carbocycles. The van der Waals surface area contributed by atoms with Crippen molar-refractivity contribution in [1.82, 2.24) is 5.32 Å². The molecule has 2 N–H and O–H groups in total. The number of aliphatic hydroxyl groups excluding tert-OH is 1. The molecule has 1 aromatic rings. The van der Waals surface area contributed by atoms with Crippen LogP contribution in [-0.2, 0) is 11.2 Å². The van der Waals surface area contributed by atoms with E-state index in [-0.39, 0.29) is 12.5 Å². The Balaban J connectivity index is 2.05. The van der Waals surface area contributed by atoms with Gasteiger partial charge < -0.3 is 15.2 Å². The minimum Gasteiger partial charge on any atom is -0.481 e. The molecule has 0 bridgehead atoms. The number of fused-ring (bicyclic) bond motifs is 1. The number of benzene rings is 1. The summed E-state index contributed by atoms with van der Waals surface area (Å²) >= 11 is 0. The van der Waals surface area contributed by atoms with E-state index >= 15 is 0 Å². The highest BCUT2D eigenvalue weighted by Gasteiger charge is 2.20. The summed E-state index contributed by atoms with van der Waals surface area (Å²) in [7, 11) is 0. The van der Waals surface area contributed by atoms with E-state index in [2.05, 4.69) is 11.2 Å². The number of aryl methyl sites for hydroxylation is 1. The molecular formula is C16H19NO3. The topological polar surface area (TPSA) is 58.6 Å². The van der Waals surface area contributed by atoms with Gasteiger partial charge in [0.2, 0.25) is 0 Å². The zero-order valence-electron chi connectivity index (χ0n) is 11.6. The zero-order chi connectivity index (χ0) is 14.5. The highest BCUT2D eigenvalue weighted by molar-refractivity contribution is 5.80. The predicted molar refractivity (Wildman–Crippen MR) is 76.3 cm³/mol. The number of ether oxygens (including phenoxy) is 1. The number of terminal acetylenes is 1. The van der Waals surface area contributed by atoms with E-state index in [0.29, 0.717) is 5.75 Å². The summed E-state index contributed by atoms with van der Waals surface area (Å²) in [5.74, 6) is 2.69. The van der Waals surface area contributed by atoms with Crippen molar-refractivity contribution in [3.05, 3.63) is 29.3 Å². The fourth-order valence-electron chi connectivity index (χ4n) is 2.37. The third-order valence-electron chi connectivity index (χ3n) is 3.45. The second kappa shape index (κ2) is 6.44. The van der Waals surface area contributed by atoms with E-state index in [4.69, 9.17) is 11.2 Å². The smallest absolute Gasteiger partial charge is 0.261 e. The number of carbonyl (C=O) groups is 1. The maximum atomic E-state index is 11.7. The van der Waals surface area contributed by atoms with Gasteiger partial charge in [0.1, 0.15) is 5.75 Å². The van der Waals surface area contributed by atoms with Crippen molar-refractivity contribution in [3.8, 4) is 18.1 Å². The molecule has 1 aliphatic carbocycles. The Kier molecular flexibility index (Phi) is 4.65. The third kappa shape index (κ3) is 3.31. The molecular weight excluding hydrogens is 254 g/mol. The first-order valence-electron chi connectivity index (χ1n) is 6.80. The lowest BCUT2D eigenvalue weighted by molar-refractivity contribution is -0.126. The van der Waals surface area contributed by atoms with E-state index in [1.165, 1.54) is 0 Å². The van der Waals surface area contributed by atoms with Crippen molar-refractivity contribution in [1.29, 1.82) is 0 Å². The lowest BCUT2D eigenvalue weighted by Gasteiger charge is -2.22. The van der Waals surface area contributed by atoms with Gasteiger partial charge in [-0.25, -0.2) is 0 Å². The van der Waals surface area contributed by atoms with Gasteiger partial charge in [-0.1, -0.05) is 12.0 Å². The maximum Gasteiger partial charge on any atom is 0.261 e. The summed E-state index contributed by atoms with van der Waals surface area (Å²) < 4.78 is 5.60. The van der Waals surface area contributed by atoms with Crippen LogP contribution in [0.1, 0.15) is 37.0 Å². The van der Waals surface area contributed by atoms with E-state index < -0.39 is 12.2 Å². The van der Waals surface area contributed by atoms with Gasteiger partial charge in [0, 0.05) is 0 Å². The molecule has 0 spiro atoms. The Hall–Kier alpha value is -1.99. The van der Waals surface area contributed by atoms with Gasteiger partial charge in [0.25, 0.3) is 5.91 Å². The second-order valence-corrected chi connectivity index (χ2v) is 4.95. The van der Waals surface area contributed by atoms with Crippen LogP contribution in [0.4, 0.5) is 0 Å². The van der Waals surface area contributed by atoms with Crippen molar-refractivity contribution >= 4 is 5.91 Å². The monoisotopic (exact) mass is 273 g/mol. The van der Waals surface area contributed by atoms with Gasteiger partial charge in [-0.2, -0.15) is 0 Å². The van der Waals surface area contributed by atoms with Crippen LogP contribution in [0.15, 0.2) is 18.2 Å². The van der Waals surface area contributed by atoms with Crippen molar-refractivity contribution < 1.29 is 14.6 Å². The SMILES string of the molecule is C#CCNC(=O)C(C)Oc1ccc2c(c1)[C@H](O)CCC2. The molecule has 106 valence electrons. The van der Waals surface area contributed by atoms with Gasteiger partial charge in [-0.05, 0) is 49.4 Å². The van der Waals surface area contributed by atoms with Gasteiger partial charge in [-0.3, -0.25) is 4.79 Å². The maximum absolute atomic E-state index is 11.7. The normalized spacial score (nSPS) is 18.6. The average Bonchev–Trinajstić information content (AvgIpc) is 2.45. The van der Waals surface area contributed by atoms with Crippen LogP contribution in [0, 0.1) is 12.3 Å². The second-order valence-electron chi connectivity index (χ2n) is 4.95. The van der Waals surface area contributed by atoms with Gasteiger partial charge >= 0.3 is 0 Å². The number of hydrogen-bond acceptors (Lipinski definition) is 3. The molecule has 0 heterocycles. The molecule has 2 rings (SSSR count). The Labute approximate surface area is 119 Å². The summed E-state index contributed by atoms with van der Waals surface area (Å²) in [5.41, 5.74) is 2.06. The summed E-state index contributed by atoms with van der Waals surface area (Å²) in [6, 6.07) is 5.62. The Morgan fingerprint density at radius 2 is 2.45 bits per heavy atom. The molecule has 20 heavy (non-hydrogen) atoms. The van der Waals surface area contributed by atoms with Crippen molar-refractivity contribution in [2.24, 2.45) is 0 Å². The lowest BCUT2D eigenvalue weighted by Crippen LogP contribution is -2.36. The Morgan fingerprint density at radius 3 is 3.20 bits per heavy atom. The van der Waals surface area contributed by atoms with Crippen molar-refractivity contribution in [2.75, 3.05) is 6.54 Å². The van der Waals surface area contributed by atoms with Crippen LogP contribution in [0.5, 0.6) is 5.75 Å². The van der Waals surface area contributed by atoms with Crippen LogP contribution in [0.3, 0.4) is 0 Å². The first kappa shape index (κ1) is 14.4. The van der Waals surface area contributed by atoms with Crippen LogP contribution in [0.2, 0.25) is 0 Å². The summed E-state index contributed by atoms with van der Waals surface area (Å²) in [6.45, 7) is 1.86. The standard InChI is InChI=1S/C16H19NO3/c1-3-9-17-16(19)11(2)20-13-8-7-12-5-4-6-15(18)14(12)10-13/h1,7-8,10-11,15,18H,4-6,9H2,2H3,(H,17,19)/t11?,15-/m1/s1. The molecule has 1 unspecified atom stereocenters. The van der Waals surface area contributed by atoms with Crippen LogP contribution < -0.4 is 10.1 Å². The van der Waals surface area contributed by atoms with Crippen molar-refractivity contribution in [3.63, 3.8) is 0 Å². The van der Waals surface area contributed by atoms with E-state index in [9.17, 15) is 9.90 Å². The average molecular weight is 273 g/mol. The zero-order valence-corrected chi connectivity index (χ0v) is 11.6. The van der Waals surface area contributed by atoms with Gasteiger partial charge in [0.05, 0.1) is 12.6 Å². The van der Waals surface area contributed by atoms with Gasteiger partial charge in [0.15, 0.2) is 6.10 Å². The molecule has 2 atom stereocenters. The third-order valence-corrected chi connectivity index (χ3v) is 3.45. The summed E-state index contributed by atoms with van der Waals surface area (Å²) in [6.07, 6.45) is 6.78. The molecule has 1 aliphatic rings. The van der Waals surface area contributed by atoms with E-state index in [1.807, 2.05) is 18.2 Å². The minimum absolute atomic E-state index is 0.190. The molecule has 0 saturated heterocycles. The lowest BCUT2D eigenvalue weighted by atomic mass is 9.89. The number of rotatable bonds is 4. The van der Waals surface area contributed by atoms with Gasteiger partial charge in [-0.15, -0.1) is 6.42 Å². The molecule has 1 aromatic carbocycles. The first-order valence-corrected chi connectivity index (χ1v) is 6.80. The highest BCUT2D eigenvalue weighted by atomic mass is 16.5. The highest BCUT2D eigenvalue weighted by Crippen LogP contribution is 2.32. The molecule has 4 nitrogen and oxygen atoms in total. The Bertz CT molecular complexity index is 533. The molecule has 0 aliphatic heterocycles. The van der Waals surface area contributed by atoms with E-state index in [1.54, 1.807) is 6.92 Å².